The second kappa shape index (κ2) is 6.60. The monoisotopic (exact) mass is 351 g/mol. The molecule has 25 heavy (non-hydrogen) atoms. The first-order valence-corrected chi connectivity index (χ1v) is 7.98. The summed E-state index contributed by atoms with van der Waals surface area (Å²) in [5, 5.41) is 0.560. The van der Waals surface area contributed by atoms with Crippen LogP contribution in [0.3, 0.4) is 0 Å². The Morgan fingerprint density at radius 3 is 2.80 bits per heavy atom. The molecule has 2 aromatic heterocycles. The Morgan fingerprint density at radius 2 is 2.12 bits per heavy atom. The van der Waals surface area contributed by atoms with Crippen molar-refractivity contribution in [1.82, 2.24) is 15.0 Å². The van der Waals surface area contributed by atoms with E-state index in [0.717, 1.165) is 17.5 Å². The molecule has 0 unspecified atom stereocenters. The van der Waals surface area contributed by atoms with Crippen molar-refractivity contribution in [3.05, 3.63) is 46.6 Å². The SMILES string of the molecule is [B]c1cnc(N)nc1-c1cc(C(N)=O)c(-c2cc(Cl)ccc2CC)[nH]1. The molecule has 1 aromatic carbocycles. The first-order valence-electron chi connectivity index (χ1n) is 7.60. The van der Waals surface area contributed by atoms with E-state index < -0.39 is 5.91 Å². The number of rotatable bonds is 4. The van der Waals surface area contributed by atoms with E-state index in [2.05, 4.69) is 15.0 Å². The zero-order valence-electron chi connectivity index (χ0n) is 13.5. The van der Waals surface area contributed by atoms with Gasteiger partial charge in [0.25, 0.3) is 5.91 Å². The zero-order chi connectivity index (χ0) is 18.1. The number of anilines is 1. The number of H-pyrrole nitrogens is 1. The Kier molecular flexibility index (Phi) is 4.50. The van der Waals surface area contributed by atoms with Crippen LogP contribution < -0.4 is 16.9 Å². The highest BCUT2D eigenvalue weighted by Gasteiger charge is 2.19. The van der Waals surface area contributed by atoms with Gasteiger partial charge in [0.1, 0.15) is 7.85 Å². The number of nitrogens with zero attached hydrogens (tertiary/aromatic N) is 2. The third-order valence-corrected chi connectivity index (χ3v) is 4.13. The van der Waals surface area contributed by atoms with Crippen molar-refractivity contribution in [2.24, 2.45) is 5.73 Å². The molecule has 0 saturated heterocycles. The van der Waals surface area contributed by atoms with Gasteiger partial charge in [-0.2, -0.15) is 0 Å². The maximum Gasteiger partial charge on any atom is 0.250 e. The fourth-order valence-electron chi connectivity index (χ4n) is 2.70. The number of primary amides is 1. The van der Waals surface area contributed by atoms with Gasteiger partial charge in [-0.1, -0.05) is 30.1 Å². The molecular weight excluding hydrogens is 336 g/mol. The Morgan fingerprint density at radius 1 is 1.36 bits per heavy atom. The molecule has 0 aliphatic rings. The molecule has 2 heterocycles. The lowest BCUT2D eigenvalue weighted by atomic mass is 9.94. The predicted octanol–water partition coefficient (Wildman–Crippen LogP) is 1.83. The number of nitrogen functional groups attached to an aromatic ring is 1. The average Bonchev–Trinajstić information content (AvgIpc) is 3.02. The minimum Gasteiger partial charge on any atom is -0.368 e. The van der Waals surface area contributed by atoms with Gasteiger partial charge in [-0.15, -0.1) is 0 Å². The van der Waals surface area contributed by atoms with Crippen LogP contribution in [0, 0.1) is 0 Å². The normalized spacial score (nSPS) is 10.8. The molecule has 0 aliphatic carbocycles. The van der Waals surface area contributed by atoms with Gasteiger partial charge in [0, 0.05) is 16.8 Å². The van der Waals surface area contributed by atoms with Crippen LogP contribution in [0.15, 0.2) is 30.5 Å². The summed E-state index contributed by atoms with van der Waals surface area (Å²) in [5.74, 6) is -0.488. The van der Waals surface area contributed by atoms with Crippen LogP contribution >= 0.6 is 11.6 Å². The van der Waals surface area contributed by atoms with Crippen molar-refractivity contribution in [2.75, 3.05) is 5.73 Å². The van der Waals surface area contributed by atoms with Crippen LogP contribution in [0.25, 0.3) is 22.6 Å². The third kappa shape index (κ3) is 3.23. The number of amides is 1. The van der Waals surface area contributed by atoms with Gasteiger partial charge in [-0.05, 0) is 30.2 Å². The molecule has 5 N–H and O–H groups in total. The molecule has 3 aromatic rings. The van der Waals surface area contributed by atoms with Gasteiger partial charge < -0.3 is 16.5 Å². The number of hydrogen-bond donors (Lipinski definition) is 3. The smallest absolute Gasteiger partial charge is 0.250 e. The minimum atomic E-state index is -0.569. The molecule has 0 aliphatic heterocycles. The van der Waals surface area contributed by atoms with Crippen molar-refractivity contribution < 1.29 is 4.79 Å². The van der Waals surface area contributed by atoms with Crippen molar-refractivity contribution in [1.29, 1.82) is 0 Å². The second-order valence-electron chi connectivity index (χ2n) is 5.52. The van der Waals surface area contributed by atoms with Gasteiger partial charge in [0.05, 0.1) is 22.6 Å². The molecule has 2 radical (unpaired) electrons. The van der Waals surface area contributed by atoms with Gasteiger partial charge >= 0.3 is 0 Å². The van der Waals surface area contributed by atoms with E-state index in [4.69, 9.17) is 30.9 Å². The number of benzene rings is 1. The van der Waals surface area contributed by atoms with Crippen molar-refractivity contribution in [3.8, 4) is 22.6 Å². The fraction of sp³-hybridized carbons (Fsp3) is 0.118. The van der Waals surface area contributed by atoms with E-state index in [1.54, 1.807) is 18.2 Å². The number of hydrogen-bond acceptors (Lipinski definition) is 4. The van der Waals surface area contributed by atoms with Gasteiger partial charge in [-0.25, -0.2) is 9.97 Å². The molecule has 8 heteroatoms. The van der Waals surface area contributed by atoms with Crippen LogP contribution in [0.2, 0.25) is 5.02 Å². The van der Waals surface area contributed by atoms with Gasteiger partial charge in [-0.3, -0.25) is 4.79 Å². The van der Waals surface area contributed by atoms with E-state index in [-0.39, 0.29) is 5.95 Å². The van der Waals surface area contributed by atoms with Crippen LogP contribution in [-0.2, 0) is 6.42 Å². The Labute approximate surface area is 151 Å². The molecule has 0 bridgehead atoms. The predicted molar refractivity (Wildman–Crippen MR) is 100.0 cm³/mol. The maximum atomic E-state index is 12.0. The molecule has 0 spiro atoms. The highest BCUT2D eigenvalue weighted by atomic mass is 35.5. The van der Waals surface area contributed by atoms with Crippen LogP contribution in [-0.4, -0.2) is 28.7 Å². The fourth-order valence-corrected chi connectivity index (χ4v) is 2.87. The zero-order valence-corrected chi connectivity index (χ0v) is 14.3. The number of halogens is 1. The Bertz CT molecular complexity index is 970. The molecule has 124 valence electrons. The highest BCUT2D eigenvalue weighted by molar-refractivity contribution is 6.35. The van der Waals surface area contributed by atoms with E-state index in [1.807, 2.05) is 13.0 Å². The summed E-state index contributed by atoms with van der Waals surface area (Å²) in [4.78, 5) is 23.1. The number of carbonyl (C=O) groups is 1. The lowest BCUT2D eigenvalue weighted by Gasteiger charge is -2.09. The first kappa shape index (κ1) is 17.0. The van der Waals surface area contributed by atoms with E-state index >= 15 is 0 Å². The summed E-state index contributed by atoms with van der Waals surface area (Å²) in [6.45, 7) is 2.02. The molecule has 1 amide bonds. The molecule has 0 atom stereocenters. The van der Waals surface area contributed by atoms with Crippen LogP contribution in [0.5, 0.6) is 0 Å². The first-order chi connectivity index (χ1) is 11.9. The maximum absolute atomic E-state index is 12.0. The van der Waals surface area contributed by atoms with E-state index in [9.17, 15) is 4.79 Å². The Hall–Kier alpha value is -2.80. The highest BCUT2D eigenvalue weighted by Crippen LogP contribution is 2.32. The lowest BCUT2D eigenvalue weighted by molar-refractivity contribution is 0.100. The summed E-state index contributed by atoms with van der Waals surface area (Å²) in [7, 11) is 5.94. The topological polar surface area (TPSA) is 111 Å². The van der Waals surface area contributed by atoms with Crippen LogP contribution in [0.4, 0.5) is 5.95 Å². The molecule has 3 rings (SSSR count). The van der Waals surface area contributed by atoms with E-state index in [0.29, 0.717) is 33.1 Å². The van der Waals surface area contributed by atoms with Gasteiger partial charge in [0.15, 0.2) is 0 Å². The van der Waals surface area contributed by atoms with Gasteiger partial charge in [0.2, 0.25) is 5.95 Å². The van der Waals surface area contributed by atoms with Crippen LogP contribution in [0.1, 0.15) is 22.8 Å². The van der Waals surface area contributed by atoms with Crippen molar-refractivity contribution >= 4 is 36.8 Å². The number of aromatic amines is 1. The summed E-state index contributed by atoms with van der Waals surface area (Å²) in [6, 6.07) is 7.12. The Balaban J connectivity index is 2.25. The number of nitrogens with one attached hydrogen (secondary N) is 1. The summed E-state index contributed by atoms with van der Waals surface area (Å²) >= 11 is 6.14. The quantitative estimate of drug-likeness (QED) is 0.623. The summed E-state index contributed by atoms with van der Waals surface area (Å²) < 4.78 is 0. The number of aryl methyl sites for hydroxylation is 1. The van der Waals surface area contributed by atoms with Crippen molar-refractivity contribution in [3.63, 3.8) is 0 Å². The minimum absolute atomic E-state index is 0.0815. The van der Waals surface area contributed by atoms with Crippen molar-refractivity contribution in [2.45, 2.75) is 13.3 Å². The van der Waals surface area contributed by atoms with E-state index in [1.165, 1.54) is 6.20 Å². The summed E-state index contributed by atoms with van der Waals surface area (Å²) in [6.07, 6.45) is 2.18. The second-order valence-corrected chi connectivity index (χ2v) is 5.96. The molecule has 0 saturated carbocycles. The molecule has 0 fully saturated rings. The number of nitrogens with two attached hydrogens (primary N) is 2. The lowest BCUT2D eigenvalue weighted by Crippen LogP contribution is -2.12. The third-order valence-electron chi connectivity index (χ3n) is 3.90. The molecule has 6 nitrogen and oxygen atoms in total. The number of carbonyl (C=O) groups excluding carboxylic acids is 1. The standard InChI is InChI=1S/C17H15BClN5O/c1-2-8-3-4-9(19)5-10(8)14-11(16(20)25)6-13(23-14)15-12(18)7-22-17(21)24-15/h3-7,23H,2H2,1H3,(H2,20,25)(H2,21,22,24). The average molecular weight is 352 g/mol. The summed E-state index contributed by atoms with van der Waals surface area (Å²) in [5.41, 5.74) is 15.2. The molecular formula is C17H15BClN5O. The largest absolute Gasteiger partial charge is 0.368 e. The number of aromatic nitrogens is 3.